The molecule has 0 atom stereocenters. The normalized spacial score (nSPS) is 9.59. The zero-order valence-electron chi connectivity index (χ0n) is 9.77. The van der Waals surface area contributed by atoms with Crippen molar-refractivity contribution in [1.29, 1.82) is 0 Å². The van der Waals surface area contributed by atoms with Crippen molar-refractivity contribution in [3.05, 3.63) is 23.8 Å². The fraction of sp³-hybridized carbons (Fsp3) is 0.250. The summed E-state index contributed by atoms with van der Waals surface area (Å²) in [7, 11) is 0. The number of ether oxygens (including phenoxy) is 2. The Morgan fingerprint density at radius 3 is 1.59 bits per heavy atom. The molecule has 0 aromatic heterocycles. The summed E-state index contributed by atoms with van der Waals surface area (Å²) in [5.74, 6) is -1.27. The van der Waals surface area contributed by atoms with Gasteiger partial charge in [0.2, 0.25) is 0 Å². The smallest absolute Gasteiger partial charge is 0.308 e. The molecule has 1 aromatic carbocycles. The average Bonchev–Trinajstić information content (AvgIpc) is 2.14. The Morgan fingerprint density at radius 1 is 0.882 bits per heavy atom. The van der Waals surface area contributed by atoms with Gasteiger partial charge in [-0.3, -0.25) is 14.4 Å². The first kappa shape index (κ1) is 12.9. The highest BCUT2D eigenvalue weighted by molar-refractivity contribution is 6.00. The van der Waals surface area contributed by atoms with Crippen LogP contribution in [0.2, 0.25) is 0 Å². The van der Waals surface area contributed by atoms with E-state index in [0.717, 1.165) is 0 Å². The minimum Gasteiger partial charge on any atom is -0.426 e. The number of hydrogen-bond acceptors (Lipinski definition) is 5. The van der Waals surface area contributed by atoms with Gasteiger partial charge in [0.1, 0.15) is 17.1 Å². The van der Waals surface area contributed by atoms with Crippen LogP contribution in [0.15, 0.2) is 18.2 Å². The molecule has 0 unspecified atom stereocenters. The van der Waals surface area contributed by atoms with E-state index in [2.05, 4.69) is 0 Å². The van der Waals surface area contributed by atoms with Gasteiger partial charge >= 0.3 is 11.9 Å². The van der Waals surface area contributed by atoms with Gasteiger partial charge in [-0.2, -0.15) is 0 Å². The van der Waals surface area contributed by atoms with Crippen molar-refractivity contribution in [2.75, 3.05) is 0 Å². The first-order valence-electron chi connectivity index (χ1n) is 4.92. The molecule has 0 fully saturated rings. The van der Waals surface area contributed by atoms with E-state index in [0.29, 0.717) is 0 Å². The standard InChI is InChI=1S/C12H12O5/c1-7(13)12-10(16-8(2)14)5-4-6-11(12)17-9(3)15/h4-6H,1-3H3. The maximum absolute atomic E-state index is 11.5. The van der Waals surface area contributed by atoms with Crippen LogP contribution in [0.3, 0.4) is 0 Å². The number of rotatable bonds is 3. The molecule has 0 aliphatic carbocycles. The number of carbonyl (C=O) groups is 3. The van der Waals surface area contributed by atoms with Gasteiger partial charge in [0.25, 0.3) is 0 Å². The van der Waals surface area contributed by atoms with Crippen molar-refractivity contribution < 1.29 is 23.9 Å². The van der Waals surface area contributed by atoms with E-state index in [1.807, 2.05) is 0 Å². The predicted molar refractivity (Wildman–Crippen MR) is 59.1 cm³/mol. The molecule has 0 bridgehead atoms. The number of esters is 2. The van der Waals surface area contributed by atoms with Gasteiger partial charge in [0.05, 0.1) is 0 Å². The molecule has 0 aliphatic heterocycles. The lowest BCUT2D eigenvalue weighted by molar-refractivity contribution is -0.132. The Morgan fingerprint density at radius 2 is 1.29 bits per heavy atom. The average molecular weight is 236 g/mol. The molecule has 0 amide bonds. The van der Waals surface area contributed by atoms with Crippen molar-refractivity contribution in [1.82, 2.24) is 0 Å². The second kappa shape index (κ2) is 5.25. The molecule has 0 saturated heterocycles. The molecule has 5 nitrogen and oxygen atoms in total. The highest BCUT2D eigenvalue weighted by atomic mass is 16.5. The molecule has 90 valence electrons. The summed E-state index contributed by atoms with van der Waals surface area (Å²) in [5, 5.41) is 0. The van der Waals surface area contributed by atoms with Crippen LogP contribution in [0.1, 0.15) is 31.1 Å². The first-order valence-corrected chi connectivity index (χ1v) is 4.92. The summed E-state index contributed by atoms with van der Waals surface area (Å²) in [6, 6.07) is 4.46. The van der Waals surface area contributed by atoms with Crippen LogP contribution in [-0.2, 0) is 9.59 Å². The molecule has 0 heterocycles. The van der Waals surface area contributed by atoms with E-state index in [1.54, 1.807) is 0 Å². The first-order chi connectivity index (χ1) is 7.91. The fourth-order valence-corrected chi connectivity index (χ4v) is 1.34. The topological polar surface area (TPSA) is 69.7 Å². The molecular formula is C12H12O5. The molecule has 0 saturated carbocycles. The lowest BCUT2D eigenvalue weighted by atomic mass is 10.1. The van der Waals surface area contributed by atoms with Gasteiger partial charge in [-0.15, -0.1) is 0 Å². The van der Waals surface area contributed by atoms with Crippen LogP contribution < -0.4 is 9.47 Å². The Balaban J connectivity index is 3.26. The second-order valence-corrected chi connectivity index (χ2v) is 3.37. The Labute approximate surface area is 98.3 Å². The molecule has 0 spiro atoms. The van der Waals surface area contributed by atoms with E-state index < -0.39 is 11.9 Å². The molecule has 1 aromatic rings. The molecule has 5 heteroatoms. The molecular weight excluding hydrogens is 224 g/mol. The minimum absolute atomic E-state index is 0.0814. The Kier molecular flexibility index (Phi) is 3.98. The largest absolute Gasteiger partial charge is 0.426 e. The lowest BCUT2D eigenvalue weighted by Crippen LogP contribution is -2.10. The van der Waals surface area contributed by atoms with E-state index in [-0.39, 0.29) is 22.8 Å². The SMILES string of the molecule is CC(=O)Oc1cccc(OC(C)=O)c1C(C)=O. The third-order valence-corrected chi connectivity index (χ3v) is 1.85. The molecule has 0 aliphatic rings. The molecule has 0 radical (unpaired) electrons. The second-order valence-electron chi connectivity index (χ2n) is 3.37. The third kappa shape index (κ3) is 3.41. The number of Topliss-reactive ketones (excluding diaryl/α,β-unsaturated/α-hetero) is 1. The minimum atomic E-state index is -0.549. The van der Waals surface area contributed by atoms with Crippen LogP contribution >= 0.6 is 0 Å². The maximum Gasteiger partial charge on any atom is 0.308 e. The molecule has 0 N–H and O–H groups in total. The van der Waals surface area contributed by atoms with Crippen LogP contribution in [0.25, 0.3) is 0 Å². The summed E-state index contributed by atoms with van der Waals surface area (Å²) in [6.07, 6.45) is 0. The van der Waals surface area contributed by atoms with E-state index >= 15 is 0 Å². The number of hydrogen-bond donors (Lipinski definition) is 0. The van der Waals surface area contributed by atoms with Gasteiger partial charge in [-0.1, -0.05) is 6.07 Å². The van der Waals surface area contributed by atoms with Crippen molar-refractivity contribution in [2.24, 2.45) is 0 Å². The Hall–Kier alpha value is -2.17. The van der Waals surface area contributed by atoms with Crippen molar-refractivity contribution in [3.63, 3.8) is 0 Å². The van der Waals surface area contributed by atoms with Crippen molar-refractivity contribution in [2.45, 2.75) is 20.8 Å². The van der Waals surface area contributed by atoms with Gasteiger partial charge in [0, 0.05) is 13.8 Å². The summed E-state index contributed by atoms with van der Waals surface area (Å²) >= 11 is 0. The lowest BCUT2D eigenvalue weighted by Gasteiger charge is -2.10. The number of carbonyl (C=O) groups excluding carboxylic acids is 3. The van der Waals surface area contributed by atoms with E-state index in [1.165, 1.54) is 39.0 Å². The van der Waals surface area contributed by atoms with Crippen LogP contribution in [0.5, 0.6) is 11.5 Å². The maximum atomic E-state index is 11.5. The van der Waals surface area contributed by atoms with E-state index in [4.69, 9.17) is 9.47 Å². The fourth-order valence-electron chi connectivity index (χ4n) is 1.34. The third-order valence-electron chi connectivity index (χ3n) is 1.85. The number of ketones is 1. The highest BCUT2D eigenvalue weighted by Gasteiger charge is 2.17. The van der Waals surface area contributed by atoms with Gasteiger partial charge in [-0.05, 0) is 19.1 Å². The molecule has 17 heavy (non-hydrogen) atoms. The summed E-state index contributed by atoms with van der Waals surface area (Å²) in [5.41, 5.74) is 0.0814. The van der Waals surface area contributed by atoms with Crippen LogP contribution in [0, 0.1) is 0 Å². The zero-order chi connectivity index (χ0) is 13.0. The summed E-state index contributed by atoms with van der Waals surface area (Å²) in [4.78, 5) is 33.2. The van der Waals surface area contributed by atoms with Gasteiger partial charge in [0.15, 0.2) is 5.78 Å². The molecule has 1 rings (SSSR count). The highest BCUT2D eigenvalue weighted by Crippen LogP contribution is 2.29. The summed E-state index contributed by atoms with van der Waals surface area (Å²) in [6.45, 7) is 3.75. The van der Waals surface area contributed by atoms with Crippen molar-refractivity contribution >= 4 is 17.7 Å². The van der Waals surface area contributed by atoms with Gasteiger partial charge in [-0.25, -0.2) is 0 Å². The Bertz CT molecular complexity index is 442. The van der Waals surface area contributed by atoms with Gasteiger partial charge < -0.3 is 9.47 Å². The van der Waals surface area contributed by atoms with Crippen LogP contribution in [0.4, 0.5) is 0 Å². The zero-order valence-corrected chi connectivity index (χ0v) is 9.77. The quantitative estimate of drug-likeness (QED) is 0.454. The predicted octanol–water partition coefficient (Wildman–Crippen LogP) is 1.74. The summed E-state index contributed by atoms with van der Waals surface area (Å²) < 4.78 is 9.76. The van der Waals surface area contributed by atoms with Crippen molar-refractivity contribution in [3.8, 4) is 11.5 Å². The number of benzene rings is 1. The van der Waals surface area contributed by atoms with E-state index in [9.17, 15) is 14.4 Å². The van der Waals surface area contributed by atoms with Crippen LogP contribution in [-0.4, -0.2) is 17.7 Å². The monoisotopic (exact) mass is 236 g/mol.